The number of rotatable bonds is 6. The van der Waals surface area contributed by atoms with Crippen molar-refractivity contribution in [3.05, 3.63) is 76.2 Å². The molecule has 0 radical (unpaired) electrons. The molecule has 1 N–H and O–H groups in total. The number of nitrogens with zero attached hydrogens (tertiary/aromatic N) is 1. The van der Waals surface area contributed by atoms with Crippen LogP contribution in [0.15, 0.2) is 59.5 Å². The number of imide groups is 1. The van der Waals surface area contributed by atoms with Gasteiger partial charge in [0, 0.05) is 11.3 Å². The molecule has 1 aliphatic heterocycles. The summed E-state index contributed by atoms with van der Waals surface area (Å²) in [5, 5.41) is 4.23. The summed E-state index contributed by atoms with van der Waals surface area (Å²) >= 11 is 0.829. The number of fused-ring (bicyclic) bond motifs is 1. The predicted octanol–water partition coefficient (Wildman–Crippen LogP) is 5.92. The van der Waals surface area contributed by atoms with E-state index in [9.17, 15) is 14.4 Å². The SMILES string of the molecule is Cc1ccc(NC(=O)CN2C(=O)S/C(=C/c3c(OC(C)C)ccc4ccccc34)C2=O)c(C)c1. The molecule has 0 atom stereocenters. The Hall–Kier alpha value is -3.58. The largest absolute Gasteiger partial charge is 0.490 e. The molecule has 0 unspecified atom stereocenters. The molecule has 1 aliphatic rings. The van der Waals surface area contributed by atoms with E-state index < -0.39 is 17.1 Å². The molecule has 1 fully saturated rings. The molecule has 0 aromatic heterocycles. The first-order chi connectivity index (χ1) is 16.2. The van der Waals surface area contributed by atoms with Crippen molar-refractivity contribution in [3.63, 3.8) is 0 Å². The lowest BCUT2D eigenvalue weighted by molar-refractivity contribution is -0.127. The topological polar surface area (TPSA) is 75.7 Å². The summed E-state index contributed by atoms with van der Waals surface area (Å²) < 4.78 is 5.98. The zero-order chi connectivity index (χ0) is 24.4. The van der Waals surface area contributed by atoms with Crippen LogP contribution in [0.5, 0.6) is 5.75 Å². The number of hydrogen-bond donors (Lipinski definition) is 1. The van der Waals surface area contributed by atoms with E-state index in [1.165, 1.54) is 0 Å². The van der Waals surface area contributed by atoms with Gasteiger partial charge in [0.25, 0.3) is 11.1 Å². The van der Waals surface area contributed by atoms with E-state index in [0.29, 0.717) is 11.4 Å². The molecule has 0 bridgehead atoms. The predicted molar refractivity (Wildman–Crippen MR) is 137 cm³/mol. The summed E-state index contributed by atoms with van der Waals surface area (Å²) in [7, 11) is 0. The fourth-order valence-corrected chi connectivity index (χ4v) is 4.66. The first-order valence-electron chi connectivity index (χ1n) is 11.0. The zero-order valence-corrected chi connectivity index (χ0v) is 20.4. The summed E-state index contributed by atoms with van der Waals surface area (Å²) in [4.78, 5) is 39.6. The molecule has 174 valence electrons. The second-order valence-corrected chi connectivity index (χ2v) is 9.49. The molecular formula is C27H26N2O4S. The monoisotopic (exact) mass is 474 g/mol. The highest BCUT2D eigenvalue weighted by molar-refractivity contribution is 8.18. The van der Waals surface area contributed by atoms with Crippen LogP contribution in [-0.4, -0.2) is 34.6 Å². The Morgan fingerprint density at radius 1 is 1.09 bits per heavy atom. The highest BCUT2D eigenvalue weighted by atomic mass is 32.2. The fraction of sp³-hybridized carbons (Fsp3) is 0.222. The molecule has 0 spiro atoms. The molecule has 3 amide bonds. The van der Waals surface area contributed by atoms with Crippen LogP contribution in [0.25, 0.3) is 16.8 Å². The Bertz CT molecular complexity index is 1330. The van der Waals surface area contributed by atoms with Crippen LogP contribution in [-0.2, 0) is 9.59 Å². The Labute approximate surface area is 203 Å². The van der Waals surface area contributed by atoms with Crippen molar-refractivity contribution in [1.29, 1.82) is 0 Å². The lowest BCUT2D eigenvalue weighted by Crippen LogP contribution is -2.36. The van der Waals surface area contributed by atoms with Crippen molar-refractivity contribution in [1.82, 2.24) is 4.90 Å². The molecular weight excluding hydrogens is 448 g/mol. The van der Waals surface area contributed by atoms with Crippen LogP contribution in [0, 0.1) is 13.8 Å². The van der Waals surface area contributed by atoms with Gasteiger partial charge in [-0.15, -0.1) is 0 Å². The molecule has 0 saturated carbocycles. The summed E-state index contributed by atoms with van der Waals surface area (Å²) in [6.07, 6.45) is 1.63. The third kappa shape index (κ3) is 4.99. The summed E-state index contributed by atoms with van der Waals surface area (Å²) in [5.41, 5.74) is 3.39. The first-order valence-corrected chi connectivity index (χ1v) is 11.9. The zero-order valence-electron chi connectivity index (χ0n) is 19.5. The molecule has 3 aromatic carbocycles. The minimum absolute atomic E-state index is 0.0581. The number of carbonyl (C=O) groups is 3. The van der Waals surface area contributed by atoms with Crippen LogP contribution in [0.4, 0.5) is 10.5 Å². The van der Waals surface area contributed by atoms with E-state index in [4.69, 9.17) is 4.74 Å². The van der Waals surface area contributed by atoms with E-state index in [2.05, 4.69) is 5.32 Å². The van der Waals surface area contributed by atoms with Gasteiger partial charge in [-0.3, -0.25) is 19.3 Å². The van der Waals surface area contributed by atoms with Gasteiger partial charge < -0.3 is 10.1 Å². The number of ether oxygens (including phenoxy) is 1. The smallest absolute Gasteiger partial charge is 0.294 e. The summed E-state index contributed by atoms with van der Waals surface area (Å²) in [6.45, 7) is 7.38. The Morgan fingerprint density at radius 3 is 2.59 bits per heavy atom. The summed E-state index contributed by atoms with van der Waals surface area (Å²) in [5.74, 6) is -0.285. The third-order valence-electron chi connectivity index (χ3n) is 5.40. The van der Waals surface area contributed by atoms with Gasteiger partial charge in [-0.25, -0.2) is 0 Å². The number of amides is 3. The average Bonchev–Trinajstić information content (AvgIpc) is 3.04. The maximum Gasteiger partial charge on any atom is 0.294 e. The highest BCUT2D eigenvalue weighted by Crippen LogP contribution is 2.37. The van der Waals surface area contributed by atoms with E-state index in [1.54, 1.807) is 6.08 Å². The molecule has 3 aromatic rings. The normalized spacial score (nSPS) is 15.0. The molecule has 0 aliphatic carbocycles. The van der Waals surface area contributed by atoms with Gasteiger partial charge in [0.1, 0.15) is 12.3 Å². The van der Waals surface area contributed by atoms with E-state index in [-0.39, 0.29) is 17.6 Å². The summed E-state index contributed by atoms with van der Waals surface area (Å²) in [6, 6.07) is 17.3. The molecule has 1 saturated heterocycles. The first kappa shape index (κ1) is 23.6. The van der Waals surface area contributed by atoms with Crippen molar-refractivity contribution in [2.45, 2.75) is 33.8 Å². The number of carbonyl (C=O) groups excluding carboxylic acids is 3. The second-order valence-electron chi connectivity index (χ2n) is 8.50. The van der Waals surface area contributed by atoms with E-state index in [0.717, 1.165) is 44.1 Å². The molecule has 34 heavy (non-hydrogen) atoms. The van der Waals surface area contributed by atoms with Crippen LogP contribution in [0.2, 0.25) is 0 Å². The maximum atomic E-state index is 13.1. The van der Waals surface area contributed by atoms with Crippen molar-refractivity contribution < 1.29 is 19.1 Å². The number of aryl methyl sites for hydroxylation is 2. The Morgan fingerprint density at radius 2 is 1.85 bits per heavy atom. The second kappa shape index (κ2) is 9.73. The number of nitrogens with one attached hydrogen (secondary N) is 1. The van der Waals surface area contributed by atoms with Gasteiger partial charge in [0.05, 0.1) is 11.0 Å². The van der Waals surface area contributed by atoms with Crippen LogP contribution < -0.4 is 10.1 Å². The van der Waals surface area contributed by atoms with Gasteiger partial charge in [-0.1, -0.05) is 48.0 Å². The molecule has 7 heteroatoms. The van der Waals surface area contributed by atoms with Gasteiger partial charge in [-0.2, -0.15) is 0 Å². The van der Waals surface area contributed by atoms with Crippen molar-refractivity contribution in [3.8, 4) is 5.75 Å². The van der Waals surface area contributed by atoms with Gasteiger partial charge >= 0.3 is 0 Å². The van der Waals surface area contributed by atoms with Gasteiger partial charge in [-0.05, 0) is 74.0 Å². The minimum atomic E-state index is -0.491. The Kier molecular flexibility index (Phi) is 6.75. The maximum absolute atomic E-state index is 13.1. The van der Waals surface area contributed by atoms with Gasteiger partial charge in [0.2, 0.25) is 5.91 Å². The quantitative estimate of drug-likeness (QED) is 0.449. The van der Waals surface area contributed by atoms with Crippen molar-refractivity contribution in [2.75, 3.05) is 11.9 Å². The molecule has 4 rings (SSSR count). The van der Waals surface area contributed by atoms with Crippen LogP contribution in [0.3, 0.4) is 0 Å². The van der Waals surface area contributed by atoms with E-state index in [1.807, 2.05) is 82.3 Å². The number of anilines is 1. The number of benzene rings is 3. The van der Waals surface area contributed by atoms with E-state index >= 15 is 0 Å². The third-order valence-corrected chi connectivity index (χ3v) is 6.31. The molecule has 6 nitrogen and oxygen atoms in total. The van der Waals surface area contributed by atoms with Gasteiger partial charge in [0.15, 0.2) is 0 Å². The highest BCUT2D eigenvalue weighted by Gasteiger charge is 2.36. The lowest BCUT2D eigenvalue weighted by atomic mass is 10.0. The Balaban J connectivity index is 1.60. The van der Waals surface area contributed by atoms with Crippen LogP contribution in [0.1, 0.15) is 30.5 Å². The standard InChI is InChI=1S/C27H26N2O4S/c1-16(2)33-23-12-10-19-7-5-6-8-20(19)21(23)14-24-26(31)29(27(32)34-24)15-25(30)28-22-11-9-17(3)13-18(22)4/h5-14,16H,15H2,1-4H3,(H,28,30)/b24-14+. The van der Waals surface area contributed by atoms with Crippen molar-refractivity contribution in [2.24, 2.45) is 0 Å². The molecule has 1 heterocycles. The number of thioether (sulfide) groups is 1. The van der Waals surface area contributed by atoms with Crippen LogP contribution >= 0.6 is 11.8 Å². The fourth-order valence-electron chi connectivity index (χ4n) is 3.84. The number of hydrogen-bond acceptors (Lipinski definition) is 5. The minimum Gasteiger partial charge on any atom is -0.490 e. The lowest BCUT2D eigenvalue weighted by Gasteiger charge is -2.15. The average molecular weight is 475 g/mol. The van der Waals surface area contributed by atoms with Crippen molar-refractivity contribution >= 4 is 51.4 Å².